The zero-order chi connectivity index (χ0) is 13.1. The lowest BCUT2D eigenvalue weighted by Gasteiger charge is -2.06. The molecule has 1 aromatic heterocycles. The zero-order valence-electron chi connectivity index (χ0n) is 10.1. The Bertz CT molecular complexity index is 755. The van der Waals surface area contributed by atoms with Crippen molar-refractivity contribution in [1.82, 2.24) is 9.97 Å². The third-order valence-corrected chi connectivity index (χ3v) is 2.85. The summed E-state index contributed by atoms with van der Waals surface area (Å²) >= 11 is 0. The molecule has 19 heavy (non-hydrogen) atoms. The Morgan fingerprint density at radius 2 is 2.16 bits per heavy atom. The first-order valence-electron chi connectivity index (χ1n) is 5.90. The number of nitriles is 1. The molecule has 0 saturated carbocycles. The second kappa shape index (κ2) is 4.83. The van der Waals surface area contributed by atoms with Crippen molar-refractivity contribution in [2.75, 3.05) is 0 Å². The van der Waals surface area contributed by atoms with Crippen molar-refractivity contribution in [2.45, 2.75) is 6.61 Å². The molecule has 3 rings (SSSR count). The van der Waals surface area contributed by atoms with Crippen LogP contribution in [0.15, 0.2) is 48.8 Å². The van der Waals surface area contributed by atoms with E-state index >= 15 is 0 Å². The molecule has 4 heteroatoms. The fraction of sp³-hybridized carbons (Fsp3) is 0.0667. The number of hydrogen-bond acceptors (Lipinski definition) is 3. The van der Waals surface area contributed by atoms with Gasteiger partial charge >= 0.3 is 0 Å². The molecule has 0 radical (unpaired) electrons. The van der Waals surface area contributed by atoms with E-state index in [2.05, 4.69) is 16.0 Å². The topological polar surface area (TPSA) is 61.7 Å². The van der Waals surface area contributed by atoms with Crippen molar-refractivity contribution in [2.24, 2.45) is 0 Å². The molecular weight excluding hydrogens is 238 g/mol. The number of rotatable bonds is 3. The summed E-state index contributed by atoms with van der Waals surface area (Å²) in [6.45, 7) is 0.440. The molecular formula is C15H11N3O. The minimum absolute atomic E-state index is 0.440. The Kier molecular flexibility index (Phi) is 2.87. The second-order valence-corrected chi connectivity index (χ2v) is 4.18. The van der Waals surface area contributed by atoms with Gasteiger partial charge in [0.15, 0.2) is 0 Å². The summed E-state index contributed by atoms with van der Waals surface area (Å²) < 4.78 is 5.71. The van der Waals surface area contributed by atoms with Crippen molar-refractivity contribution < 1.29 is 4.74 Å². The van der Waals surface area contributed by atoms with Gasteiger partial charge in [0.1, 0.15) is 12.4 Å². The Morgan fingerprint density at radius 1 is 1.21 bits per heavy atom. The van der Waals surface area contributed by atoms with E-state index in [-0.39, 0.29) is 0 Å². The lowest BCUT2D eigenvalue weighted by molar-refractivity contribution is 0.306. The van der Waals surface area contributed by atoms with Crippen LogP contribution in [-0.4, -0.2) is 9.97 Å². The van der Waals surface area contributed by atoms with Crippen molar-refractivity contribution in [1.29, 1.82) is 5.26 Å². The third-order valence-electron chi connectivity index (χ3n) is 2.85. The highest BCUT2D eigenvalue weighted by Crippen LogP contribution is 2.19. The van der Waals surface area contributed by atoms with Gasteiger partial charge in [0, 0.05) is 6.07 Å². The molecule has 0 fully saturated rings. The van der Waals surface area contributed by atoms with E-state index in [1.807, 2.05) is 36.4 Å². The molecule has 0 spiro atoms. The van der Waals surface area contributed by atoms with Crippen LogP contribution in [-0.2, 0) is 6.61 Å². The molecule has 0 aliphatic heterocycles. The van der Waals surface area contributed by atoms with E-state index in [1.54, 1.807) is 12.4 Å². The average Bonchev–Trinajstić information content (AvgIpc) is 2.93. The second-order valence-electron chi connectivity index (χ2n) is 4.18. The highest BCUT2D eigenvalue weighted by Gasteiger charge is 2.00. The van der Waals surface area contributed by atoms with Crippen LogP contribution in [0.1, 0.15) is 11.1 Å². The van der Waals surface area contributed by atoms with Gasteiger partial charge in [-0.2, -0.15) is 5.26 Å². The molecule has 4 nitrogen and oxygen atoms in total. The normalized spacial score (nSPS) is 10.3. The van der Waals surface area contributed by atoms with Crippen LogP contribution >= 0.6 is 0 Å². The number of nitrogens with zero attached hydrogens (tertiary/aromatic N) is 2. The Hall–Kier alpha value is -2.80. The van der Waals surface area contributed by atoms with E-state index in [1.165, 1.54) is 0 Å². The predicted octanol–water partition coefficient (Wildman–Crippen LogP) is 3.01. The van der Waals surface area contributed by atoms with Crippen LogP contribution in [0.25, 0.3) is 11.0 Å². The maximum atomic E-state index is 8.84. The van der Waals surface area contributed by atoms with Crippen molar-refractivity contribution in [3.8, 4) is 11.8 Å². The highest BCUT2D eigenvalue weighted by molar-refractivity contribution is 5.75. The molecule has 0 saturated heterocycles. The number of hydrogen-bond donors (Lipinski definition) is 1. The van der Waals surface area contributed by atoms with Gasteiger partial charge in [-0.15, -0.1) is 0 Å². The first-order valence-corrected chi connectivity index (χ1v) is 5.90. The molecule has 0 unspecified atom stereocenters. The highest BCUT2D eigenvalue weighted by atomic mass is 16.5. The van der Waals surface area contributed by atoms with Crippen LogP contribution in [0.5, 0.6) is 5.75 Å². The molecule has 0 aliphatic rings. The van der Waals surface area contributed by atoms with Crippen LogP contribution in [0.3, 0.4) is 0 Å². The summed E-state index contributed by atoms with van der Waals surface area (Å²) in [5, 5.41) is 8.84. The van der Waals surface area contributed by atoms with Gasteiger partial charge < -0.3 is 9.72 Å². The largest absolute Gasteiger partial charge is 0.489 e. The van der Waals surface area contributed by atoms with Crippen LogP contribution < -0.4 is 4.74 Å². The smallest absolute Gasteiger partial charge is 0.122 e. The number of benzene rings is 2. The average molecular weight is 249 g/mol. The molecule has 0 bridgehead atoms. The van der Waals surface area contributed by atoms with Gasteiger partial charge in [0.05, 0.1) is 29.0 Å². The number of ether oxygens (including phenoxy) is 1. The fourth-order valence-electron chi connectivity index (χ4n) is 1.90. The van der Waals surface area contributed by atoms with Gasteiger partial charge in [-0.05, 0) is 29.8 Å². The number of fused-ring (bicyclic) bond motifs is 1. The van der Waals surface area contributed by atoms with Crippen LogP contribution in [0, 0.1) is 11.3 Å². The standard InChI is InChI=1S/C15H11N3O/c16-8-11-2-1-3-12(6-11)9-19-13-4-5-14-15(7-13)18-10-17-14/h1-7,10H,9H2,(H,17,18). The Labute approximate surface area is 110 Å². The molecule has 2 aromatic carbocycles. The number of aromatic amines is 1. The van der Waals surface area contributed by atoms with Crippen LogP contribution in [0.2, 0.25) is 0 Å². The lowest BCUT2D eigenvalue weighted by Crippen LogP contribution is -1.95. The summed E-state index contributed by atoms with van der Waals surface area (Å²) in [5.74, 6) is 0.777. The summed E-state index contributed by atoms with van der Waals surface area (Å²) in [6.07, 6.45) is 1.66. The monoisotopic (exact) mass is 249 g/mol. The molecule has 0 amide bonds. The van der Waals surface area contributed by atoms with Gasteiger partial charge in [-0.25, -0.2) is 4.98 Å². The maximum absolute atomic E-state index is 8.84. The van der Waals surface area contributed by atoms with Gasteiger partial charge in [0.25, 0.3) is 0 Å². The number of imidazole rings is 1. The SMILES string of the molecule is N#Cc1cccc(COc2ccc3nc[nH]c3c2)c1. The summed E-state index contributed by atoms with van der Waals surface area (Å²) in [5.41, 5.74) is 3.48. The van der Waals surface area contributed by atoms with Crippen molar-refractivity contribution in [3.05, 3.63) is 59.9 Å². The fourth-order valence-corrected chi connectivity index (χ4v) is 1.90. The summed E-state index contributed by atoms with van der Waals surface area (Å²) in [7, 11) is 0. The lowest BCUT2D eigenvalue weighted by atomic mass is 10.1. The molecule has 0 aliphatic carbocycles. The molecule has 1 heterocycles. The quantitative estimate of drug-likeness (QED) is 0.776. The van der Waals surface area contributed by atoms with Crippen LogP contribution in [0.4, 0.5) is 0 Å². The molecule has 92 valence electrons. The van der Waals surface area contributed by atoms with E-state index in [9.17, 15) is 0 Å². The zero-order valence-corrected chi connectivity index (χ0v) is 10.1. The van der Waals surface area contributed by atoms with Gasteiger partial charge in [0.2, 0.25) is 0 Å². The molecule has 1 N–H and O–H groups in total. The van der Waals surface area contributed by atoms with Gasteiger partial charge in [-0.1, -0.05) is 12.1 Å². The van der Waals surface area contributed by atoms with E-state index in [0.717, 1.165) is 22.3 Å². The number of H-pyrrole nitrogens is 1. The number of aromatic nitrogens is 2. The third kappa shape index (κ3) is 2.40. The van der Waals surface area contributed by atoms with E-state index in [4.69, 9.17) is 10.00 Å². The van der Waals surface area contributed by atoms with E-state index < -0.39 is 0 Å². The maximum Gasteiger partial charge on any atom is 0.122 e. The van der Waals surface area contributed by atoms with E-state index in [0.29, 0.717) is 12.2 Å². The van der Waals surface area contributed by atoms with Gasteiger partial charge in [-0.3, -0.25) is 0 Å². The Balaban J connectivity index is 1.76. The predicted molar refractivity (Wildman–Crippen MR) is 71.6 cm³/mol. The van der Waals surface area contributed by atoms with Crippen molar-refractivity contribution >= 4 is 11.0 Å². The minimum atomic E-state index is 0.440. The minimum Gasteiger partial charge on any atom is -0.489 e. The van der Waals surface area contributed by atoms with Crippen molar-refractivity contribution in [3.63, 3.8) is 0 Å². The molecule has 0 atom stereocenters. The summed E-state index contributed by atoms with van der Waals surface area (Å²) in [4.78, 5) is 7.20. The number of nitrogens with one attached hydrogen (secondary N) is 1. The first-order chi connectivity index (χ1) is 9.35. The summed E-state index contributed by atoms with van der Waals surface area (Å²) in [6, 6.07) is 15.2. The molecule has 3 aromatic rings. The first kappa shape index (κ1) is 11.3. The Morgan fingerprint density at radius 3 is 3.05 bits per heavy atom.